The van der Waals surface area contributed by atoms with Gasteiger partial charge in [-0.15, -0.1) is 0 Å². The number of hydrogen-bond acceptors (Lipinski definition) is 5. The molecule has 2 aliphatic rings. The number of aliphatic imine (C=N–C) groups is 2. The number of nitrogens with one attached hydrogen (secondary N) is 2. The molecule has 200 valence electrons. The minimum Gasteiger partial charge on any atom is -0.368 e. The van der Waals surface area contributed by atoms with E-state index in [1.807, 2.05) is 54.6 Å². The quantitative estimate of drug-likeness (QED) is 0.288. The second-order valence-corrected chi connectivity index (χ2v) is 9.19. The summed E-state index contributed by atoms with van der Waals surface area (Å²) in [5.41, 5.74) is 10.9. The zero-order chi connectivity index (χ0) is 27.8. The summed E-state index contributed by atoms with van der Waals surface area (Å²) >= 11 is 0. The highest BCUT2D eigenvalue weighted by Crippen LogP contribution is 2.27. The fourth-order valence-electron chi connectivity index (χ4n) is 4.44. The average molecular weight is 524 g/mol. The summed E-state index contributed by atoms with van der Waals surface area (Å²) in [5, 5.41) is 6.00. The summed E-state index contributed by atoms with van der Waals surface area (Å²) in [5.74, 6) is -0.454. The highest BCUT2D eigenvalue weighted by molar-refractivity contribution is 6.28. The van der Waals surface area contributed by atoms with Crippen molar-refractivity contribution in [3.05, 3.63) is 97.3 Å². The highest BCUT2D eigenvalue weighted by atomic mass is 16.1. The lowest BCUT2D eigenvalue weighted by Crippen LogP contribution is -2.45. The number of piperazine rings is 1. The number of allylic oxidation sites excluding steroid dienone is 4. The Balaban J connectivity index is 1.60. The fourth-order valence-corrected chi connectivity index (χ4v) is 4.44. The molecule has 0 aromatic heterocycles. The lowest BCUT2D eigenvalue weighted by molar-refractivity contribution is -0.111. The van der Waals surface area contributed by atoms with E-state index in [1.54, 1.807) is 6.07 Å². The maximum absolute atomic E-state index is 12.4. The average Bonchev–Trinajstić information content (AvgIpc) is 2.94. The SMILES string of the molecule is C=CN=C(N=C1CC=CC=C1c1cccc(NC(=O)C=C)c1)Nc1ccc(N2CCN(C)CC2)c(C(N)=O)c1. The molecule has 1 fully saturated rings. The van der Waals surface area contributed by atoms with Gasteiger partial charge in [-0.3, -0.25) is 9.59 Å². The van der Waals surface area contributed by atoms with Gasteiger partial charge in [0.1, 0.15) is 0 Å². The smallest absolute Gasteiger partial charge is 0.250 e. The van der Waals surface area contributed by atoms with Crippen LogP contribution in [0, 0.1) is 0 Å². The molecule has 4 rings (SSSR count). The van der Waals surface area contributed by atoms with E-state index in [-0.39, 0.29) is 5.91 Å². The Kier molecular flexibility index (Phi) is 8.86. The van der Waals surface area contributed by atoms with E-state index in [1.165, 1.54) is 12.3 Å². The summed E-state index contributed by atoms with van der Waals surface area (Å²) in [6.07, 6.45) is 9.17. The second-order valence-electron chi connectivity index (χ2n) is 9.19. The van der Waals surface area contributed by atoms with Gasteiger partial charge in [-0.25, -0.2) is 9.98 Å². The molecule has 1 heterocycles. The second kappa shape index (κ2) is 12.7. The van der Waals surface area contributed by atoms with E-state index in [2.05, 4.69) is 45.6 Å². The van der Waals surface area contributed by atoms with Gasteiger partial charge in [0.2, 0.25) is 11.9 Å². The minimum absolute atomic E-state index is 0.280. The van der Waals surface area contributed by atoms with Gasteiger partial charge in [0.25, 0.3) is 5.91 Å². The van der Waals surface area contributed by atoms with E-state index in [0.717, 1.165) is 48.7 Å². The molecule has 1 aliphatic carbocycles. The zero-order valence-corrected chi connectivity index (χ0v) is 22.1. The van der Waals surface area contributed by atoms with Crippen LogP contribution in [0.1, 0.15) is 22.3 Å². The zero-order valence-electron chi connectivity index (χ0n) is 22.1. The summed E-state index contributed by atoms with van der Waals surface area (Å²) in [6, 6.07) is 13.1. The number of primary amides is 1. The first kappa shape index (κ1) is 27.3. The molecule has 2 aromatic carbocycles. The predicted molar refractivity (Wildman–Crippen MR) is 160 cm³/mol. The number of benzene rings is 2. The van der Waals surface area contributed by atoms with Crippen molar-refractivity contribution in [2.75, 3.05) is 48.8 Å². The van der Waals surface area contributed by atoms with E-state index < -0.39 is 5.91 Å². The first-order valence-electron chi connectivity index (χ1n) is 12.7. The summed E-state index contributed by atoms with van der Waals surface area (Å²) < 4.78 is 0. The van der Waals surface area contributed by atoms with Crippen LogP contribution < -0.4 is 21.3 Å². The largest absolute Gasteiger partial charge is 0.368 e. The van der Waals surface area contributed by atoms with Gasteiger partial charge in [0.15, 0.2) is 0 Å². The molecule has 4 N–H and O–H groups in total. The van der Waals surface area contributed by atoms with Crippen LogP contribution >= 0.6 is 0 Å². The number of amides is 2. The normalized spacial score (nSPS) is 16.9. The van der Waals surface area contributed by atoms with Crippen LogP contribution in [-0.2, 0) is 4.79 Å². The van der Waals surface area contributed by atoms with Crippen molar-refractivity contribution in [3.63, 3.8) is 0 Å². The van der Waals surface area contributed by atoms with Gasteiger partial charge in [-0.1, -0.05) is 43.5 Å². The van der Waals surface area contributed by atoms with Gasteiger partial charge in [-0.2, -0.15) is 0 Å². The molecule has 0 unspecified atom stereocenters. The molecule has 0 atom stereocenters. The Morgan fingerprint density at radius 1 is 1.03 bits per heavy atom. The molecule has 9 heteroatoms. The fraction of sp³-hybridized carbons (Fsp3) is 0.200. The van der Waals surface area contributed by atoms with Crippen LogP contribution in [0.4, 0.5) is 17.1 Å². The Hall–Kier alpha value is -4.76. The lowest BCUT2D eigenvalue weighted by Gasteiger charge is -2.35. The summed E-state index contributed by atoms with van der Waals surface area (Å²) in [7, 11) is 2.08. The van der Waals surface area contributed by atoms with Gasteiger partial charge in [-0.05, 0) is 49.0 Å². The van der Waals surface area contributed by atoms with Gasteiger partial charge >= 0.3 is 0 Å². The highest BCUT2D eigenvalue weighted by Gasteiger charge is 2.20. The molecule has 0 spiro atoms. The third-order valence-corrected chi connectivity index (χ3v) is 6.46. The molecule has 9 nitrogen and oxygen atoms in total. The van der Waals surface area contributed by atoms with E-state index in [9.17, 15) is 9.59 Å². The molecular formula is C30H33N7O2. The van der Waals surface area contributed by atoms with Crippen LogP contribution in [0.15, 0.2) is 96.1 Å². The number of nitrogens with zero attached hydrogens (tertiary/aromatic N) is 4. The number of carbonyl (C=O) groups is 2. The van der Waals surface area contributed by atoms with Crippen LogP contribution in [0.5, 0.6) is 0 Å². The molecular weight excluding hydrogens is 490 g/mol. The third kappa shape index (κ3) is 6.97. The Morgan fingerprint density at radius 2 is 1.79 bits per heavy atom. The van der Waals surface area contributed by atoms with E-state index in [0.29, 0.717) is 29.3 Å². The Morgan fingerprint density at radius 3 is 2.51 bits per heavy atom. The molecule has 2 amide bonds. The molecule has 1 aliphatic heterocycles. The number of rotatable bonds is 7. The maximum atomic E-state index is 12.4. The maximum Gasteiger partial charge on any atom is 0.250 e. The first-order chi connectivity index (χ1) is 18.9. The Labute approximate surface area is 228 Å². The molecule has 0 bridgehead atoms. The van der Waals surface area contributed by atoms with Crippen LogP contribution in [0.2, 0.25) is 0 Å². The predicted octanol–water partition coefficient (Wildman–Crippen LogP) is 4.06. The Bertz CT molecular complexity index is 1400. The van der Waals surface area contributed by atoms with Crippen molar-refractivity contribution < 1.29 is 9.59 Å². The molecule has 0 saturated carbocycles. The number of nitrogens with two attached hydrogens (primary N) is 1. The summed E-state index contributed by atoms with van der Waals surface area (Å²) in [4.78, 5) is 37.7. The van der Waals surface area contributed by atoms with Crippen molar-refractivity contribution >= 4 is 46.1 Å². The lowest BCUT2D eigenvalue weighted by atomic mass is 9.95. The minimum atomic E-state index is -0.493. The monoisotopic (exact) mass is 523 g/mol. The standard InChI is InChI=1S/C30H33N7O2/c1-4-28(38)33-22-10-8-9-21(19-22)24-11-6-7-12-26(24)35-30(32-5-2)34-23-13-14-27(25(20-23)29(31)39)37-17-15-36(3)16-18-37/h4-11,13-14,19-20H,1-2,12,15-18H2,3H3,(H2,31,39)(H,32,34)(H,33,38). The van der Waals surface area contributed by atoms with Crippen LogP contribution in [0.3, 0.4) is 0 Å². The van der Waals surface area contributed by atoms with Crippen LogP contribution in [0.25, 0.3) is 5.57 Å². The van der Waals surface area contributed by atoms with Crippen molar-refractivity contribution in [3.8, 4) is 0 Å². The molecule has 39 heavy (non-hydrogen) atoms. The van der Waals surface area contributed by atoms with Crippen molar-refractivity contribution in [2.24, 2.45) is 15.7 Å². The topological polar surface area (TPSA) is 115 Å². The third-order valence-electron chi connectivity index (χ3n) is 6.46. The number of likely N-dealkylation sites (N-methyl/N-ethyl adjacent to an activating group) is 1. The van der Waals surface area contributed by atoms with Crippen molar-refractivity contribution in [1.29, 1.82) is 0 Å². The van der Waals surface area contributed by atoms with Gasteiger partial charge in [0.05, 0.1) is 11.3 Å². The molecule has 0 radical (unpaired) electrons. The number of carbonyl (C=O) groups excluding carboxylic acids is 2. The molecule has 1 saturated heterocycles. The van der Waals surface area contributed by atoms with E-state index in [4.69, 9.17) is 10.7 Å². The molecule has 2 aromatic rings. The van der Waals surface area contributed by atoms with Crippen molar-refractivity contribution in [2.45, 2.75) is 6.42 Å². The summed E-state index contributed by atoms with van der Waals surface area (Å²) in [6.45, 7) is 10.7. The number of guanidine groups is 1. The van der Waals surface area contributed by atoms with Gasteiger partial charge < -0.3 is 26.2 Å². The number of hydrogen-bond donors (Lipinski definition) is 3. The number of anilines is 3. The van der Waals surface area contributed by atoms with Crippen LogP contribution in [-0.4, -0.2) is 61.6 Å². The van der Waals surface area contributed by atoms with E-state index >= 15 is 0 Å². The van der Waals surface area contributed by atoms with Crippen molar-refractivity contribution in [1.82, 2.24) is 4.90 Å². The van der Waals surface area contributed by atoms with Gasteiger partial charge in [0, 0.05) is 61.4 Å². The first-order valence-corrected chi connectivity index (χ1v) is 12.7.